The zero-order valence-electron chi connectivity index (χ0n) is 10.1. The van der Waals surface area contributed by atoms with Crippen molar-refractivity contribution < 1.29 is 15.0 Å². The number of halogens is 2. The number of carboxylic acids is 1. The number of nitrogens with zero attached hydrogens (tertiary/aromatic N) is 2. The number of hydrogen-bond acceptors (Lipinski definition) is 3. The molecule has 0 saturated carbocycles. The number of aromatic hydroxyl groups is 1. The summed E-state index contributed by atoms with van der Waals surface area (Å²) in [4.78, 5) is 10.5. The van der Waals surface area contributed by atoms with Gasteiger partial charge in [-0.25, -0.2) is 4.79 Å². The van der Waals surface area contributed by atoms with Gasteiger partial charge >= 0.3 is 5.97 Å². The van der Waals surface area contributed by atoms with Gasteiger partial charge in [-0.2, -0.15) is 0 Å². The van der Waals surface area contributed by atoms with E-state index in [2.05, 4.69) is 5.10 Å². The summed E-state index contributed by atoms with van der Waals surface area (Å²) in [6.45, 7) is 0.288. The van der Waals surface area contributed by atoms with E-state index in [-0.39, 0.29) is 12.4 Å². The van der Waals surface area contributed by atoms with Crippen LogP contribution < -0.4 is 0 Å². The van der Waals surface area contributed by atoms with Crippen LogP contribution in [0.25, 0.3) is 6.08 Å². The predicted molar refractivity (Wildman–Crippen MR) is 76.1 cm³/mol. The van der Waals surface area contributed by atoms with Crippen molar-refractivity contribution in [3.8, 4) is 5.88 Å². The predicted octanol–water partition coefficient (Wildman–Crippen LogP) is 3.04. The standard InChI is InChI=1S/C13H10Cl2N2O3/c14-9-2-1-8(11(15)5-9)7-17-10(3-4-13(19)20)6-12(18)16-17/h1-6H,7H2,(H,16,18)(H,19,20)/b4-3+. The van der Waals surface area contributed by atoms with Crippen LogP contribution in [0, 0.1) is 0 Å². The molecule has 0 spiro atoms. The van der Waals surface area contributed by atoms with Crippen LogP contribution >= 0.6 is 23.2 Å². The molecule has 0 saturated heterocycles. The zero-order valence-corrected chi connectivity index (χ0v) is 11.6. The second-order valence-electron chi connectivity index (χ2n) is 3.99. The van der Waals surface area contributed by atoms with Crippen molar-refractivity contribution >= 4 is 35.2 Å². The van der Waals surface area contributed by atoms with Crippen molar-refractivity contribution in [3.63, 3.8) is 0 Å². The summed E-state index contributed by atoms with van der Waals surface area (Å²) in [5.74, 6) is -1.28. The number of rotatable bonds is 4. The van der Waals surface area contributed by atoms with E-state index < -0.39 is 5.97 Å². The molecule has 104 valence electrons. The number of carbonyl (C=O) groups is 1. The third-order valence-electron chi connectivity index (χ3n) is 2.53. The van der Waals surface area contributed by atoms with E-state index in [9.17, 15) is 9.90 Å². The van der Waals surface area contributed by atoms with E-state index in [0.29, 0.717) is 15.7 Å². The van der Waals surface area contributed by atoms with E-state index in [1.54, 1.807) is 18.2 Å². The lowest BCUT2D eigenvalue weighted by Crippen LogP contribution is -2.04. The Morgan fingerprint density at radius 1 is 1.35 bits per heavy atom. The number of benzene rings is 1. The van der Waals surface area contributed by atoms with Crippen LogP contribution in [-0.2, 0) is 11.3 Å². The lowest BCUT2D eigenvalue weighted by Gasteiger charge is -2.07. The average Bonchev–Trinajstić information content (AvgIpc) is 2.70. The Bertz CT molecular complexity index is 680. The molecule has 2 aromatic rings. The second kappa shape index (κ2) is 5.98. The first-order chi connectivity index (χ1) is 9.45. The van der Waals surface area contributed by atoms with Gasteiger partial charge in [-0.05, 0) is 23.8 Å². The van der Waals surface area contributed by atoms with Gasteiger partial charge in [-0.1, -0.05) is 29.3 Å². The monoisotopic (exact) mass is 312 g/mol. The smallest absolute Gasteiger partial charge is 0.328 e. The summed E-state index contributed by atoms with van der Waals surface area (Å²) in [5, 5.41) is 22.9. The highest BCUT2D eigenvalue weighted by atomic mass is 35.5. The van der Waals surface area contributed by atoms with Gasteiger partial charge in [0, 0.05) is 22.2 Å². The molecular weight excluding hydrogens is 303 g/mol. The summed E-state index contributed by atoms with van der Waals surface area (Å²) in [6.07, 6.45) is 2.31. The molecule has 5 nitrogen and oxygen atoms in total. The van der Waals surface area contributed by atoms with Crippen molar-refractivity contribution in [3.05, 3.63) is 51.6 Å². The quantitative estimate of drug-likeness (QED) is 0.851. The van der Waals surface area contributed by atoms with Crippen LogP contribution in [-0.4, -0.2) is 26.0 Å². The van der Waals surface area contributed by atoms with Gasteiger partial charge in [0.1, 0.15) is 0 Å². The van der Waals surface area contributed by atoms with Crippen molar-refractivity contribution in [2.45, 2.75) is 6.54 Å². The van der Waals surface area contributed by atoms with Gasteiger partial charge in [-0.3, -0.25) is 4.68 Å². The molecule has 0 aliphatic carbocycles. The normalized spacial score (nSPS) is 11.1. The Hall–Kier alpha value is -1.98. The third kappa shape index (κ3) is 3.53. The molecular formula is C13H10Cl2N2O3. The summed E-state index contributed by atoms with van der Waals surface area (Å²) in [5.41, 5.74) is 1.21. The van der Waals surface area contributed by atoms with E-state index in [4.69, 9.17) is 28.3 Å². The Labute approximate surface area is 124 Å². The van der Waals surface area contributed by atoms with Crippen molar-refractivity contribution in [2.24, 2.45) is 0 Å². The first-order valence-corrected chi connectivity index (χ1v) is 6.33. The Morgan fingerprint density at radius 2 is 2.10 bits per heavy atom. The number of aromatic nitrogens is 2. The number of hydrogen-bond donors (Lipinski definition) is 2. The Balaban J connectivity index is 2.31. The first-order valence-electron chi connectivity index (χ1n) is 5.57. The van der Waals surface area contributed by atoms with Gasteiger partial charge in [0.15, 0.2) is 0 Å². The van der Waals surface area contributed by atoms with E-state index in [0.717, 1.165) is 11.6 Å². The summed E-state index contributed by atoms with van der Waals surface area (Å²) in [7, 11) is 0. The van der Waals surface area contributed by atoms with Crippen molar-refractivity contribution in [2.75, 3.05) is 0 Å². The topological polar surface area (TPSA) is 75.3 Å². The fourth-order valence-corrected chi connectivity index (χ4v) is 2.11. The largest absolute Gasteiger partial charge is 0.492 e. The highest BCUT2D eigenvalue weighted by molar-refractivity contribution is 6.35. The van der Waals surface area contributed by atoms with Crippen LogP contribution in [0.2, 0.25) is 10.0 Å². The molecule has 0 fully saturated rings. The maximum atomic E-state index is 10.5. The molecule has 2 rings (SSSR count). The molecule has 1 aromatic heterocycles. The molecule has 0 aliphatic heterocycles. The van der Waals surface area contributed by atoms with E-state index >= 15 is 0 Å². The van der Waals surface area contributed by atoms with Gasteiger partial charge in [-0.15, -0.1) is 5.10 Å². The van der Waals surface area contributed by atoms with Crippen LogP contribution in [0.3, 0.4) is 0 Å². The minimum absolute atomic E-state index is 0.194. The van der Waals surface area contributed by atoms with Crippen LogP contribution in [0.5, 0.6) is 5.88 Å². The minimum Gasteiger partial charge on any atom is -0.492 e. The number of carboxylic acid groups (broad SMARTS) is 1. The fraction of sp³-hybridized carbons (Fsp3) is 0.0769. The summed E-state index contributed by atoms with van der Waals surface area (Å²) >= 11 is 11.9. The summed E-state index contributed by atoms with van der Waals surface area (Å²) < 4.78 is 1.45. The van der Waals surface area contributed by atoms with E-state index in [1.807, 2.05) is 0 Å². The molecule has 1 heterocycles. The minimum atomic E-state index is -1.08. The van der Waals surface area contributed by atoms with E-state index in [1.165, 1.54) is 16.8 Å². The maximum Gasteiger partial charge on any atom is 0.328 e. The zero-order chi connectivity index (χ0) is 14.7. The fourth-order valence-electron chi connectivity index (χ4n) is 1.65. The molecule has 0 radical (unpaired) electrons. The van der Waals surface area contributed by atoms with Crippen LogP contribution in [0.4, 0.5) is 0 Å². The number of aliphatic carboxylic acids is 1. The lowest BCUT2D eigenvalue weighted by atomic mass is 10.2. The third-order valence-corrected chi connectivity index (χ3v) is 3.12. The lowest BCUT2D eigenvalue weighted by molar-refractivity contribution is -0.131. The van der Waals surface area contributed by atoms with Gasteiger partial charge < -0.3 is 10.2 Å². The van der Waals surface area contributed by atoms with Gasteiger partial charge in [0.05, 0.1) is 12.2 Å². The molecule has 1 aromatic carbocycles. The van der Waals surface area contributed by atoms with Gasteiger partial charge in [0.25, 0.3) is 0 Å². The van der Waals surface area contributed by atoms with Crippen molar-refractivity contribution in [1.82, 2.24) is 9.78 Å². The van der Waals surface area contributed by atoms with Crippen molar-refractivity contribution in [1.29, 1.82) is 0 Å². The SMILES string of the molecule is O=C(O)/C=C/c1cc(O)nn1Cc1ccc(Cl)cc1Cl. The Kier molecular flexibility index (Phi) is 4.32. The highest BCUT2D eigenvalue weighted by Crippen LogP contribution is 2.23. The highest BCUT2D eigenvalue weighted by Gasteiger charge is 2.08. The Morgan fingerprint density at radius 3 is 2.75 bits per heavy atom. The van der Waals surface area contributed by atoms with Crippen LogP contribution in [0.1, 0.15) is 11.3 Å². The molecule has 0 unspecified atom stereocenters. The molecule has 7 heteroatoms. The summed E-state index contributed by atoms with van der Waals surface area (Å²) in [6, 6.07) is 6.41. The molecule has 0 atom stereocenters. The molecule has 20 heavy (non-hydrogen) atoms. The maximum absolute atomic E-state index is 10.5. The molecule has 0 amide bonds. The first kappa shape index (κ1) is 14.4. The molecule has 2 N–H and O–H groups in total. The molecule has 0 aliphatic rings. The van der Waals surface area contributed by atoms with Gasteiger partial charge in [0.2, 0.25) is 5.88 Å². The van der Waals surface area contributed by atoms with Crippen LogP contribution in [0.15, 0.2) is 30.3 Å². The average molecular weight is 313 g/mol. The second-order valence-corrected chi connectivity index (χ2v) is 4.84. The molecule has 0 bridgehead atoms.